The largest absolute Gasteiger partial charge is 0.298 e. The fraction of sp³-hybridized carbons (Fsp3) is 0.900. The maximum Gasteiger partial charge on any atom is 0.0672 e. The predicted octanol–water partition coefficient (Wildman–Crippen LogP) is 1.63. The number of nitrogens with zero attached hydrogens (tertiary/aromatic N) is 2. The van der Waals surface area contributed by atoms with E-state index in [1.165, 1.54) is 25.9 Å². The van der Waals surface area contributed by atoms with Gasteiger partial charge < -0.3 is 0 Å². The molecular formula is C10H16N2. The SMILES string of the molecule is CC1CN(C2CCCC2C#N)C1. The summed E-state index contributed by atoms with van der Waals surface area (Å²) < 4.78 is 0. The Bertz CT molecular complexity index is 200. The summed E-state index contributed by atoms with van der Waals surface area (Å²) in [5.74, 6) is 1.20. The van der Waals surface area contributed by atoms with E-state index in [1.807, 2.05) is 0 Å². The van der Waals surface area contributed by atoms with Crippen molar-refractivity contribution in [3.63, 3.8) is 0 Å². The topological polar surface area (TPSA) is 27.0 Å². The molecule has 0 aromatic carbocycles. The van der Waals surface area contributed by atoms with Crippen LogP contribution in [0.5, 0.6) is 0 Å². The number of hydrogen-bond acceptors (Lipinski definition) is 2. The molecule has 1 saturated carbocycles. The van der Waals surface area contributed by atoms with Crippen molar-refractivity contribution < 1.29 is 0 Å². The summed E-state index contributed by atoms with van der Waals surface area (Å²) in [5, 5.41) is 8.89. The second-order valence-corrected chi connectivity index (χ2v) is 4.29. The quantitative estimate of drug-likeness (QED) is 0.589. The molecule has 1 aliphatic heterocycles. The molecule has 0 spiro atoms. The first-order chi connectivity index (χ1) is 5.81. The van der Waals surface area contributed by atoms with Crippen molar-refractivity contribution in [3.05, 3.63) is 0 Å². The van der Waals surface area contributed by atoms with Gasteiger partial charge in [0.15, 0.2) is 0 Å². The Hall–Kier alpha value is -0.550. The number of hydrogen-bond donors (Lipinski definition) is 0. The zero-order chi connectivity index (χ0) is 8.55. The lowest BCUT2D eigenvalue weighted by Gasteiger charge is -2.42. The fourth-order valence-corrected chi connectivity index (χ4v) is 2.55. The van der Waals surface area contributed by atoms with E-state index in [2.05, 4.69) is 17.9 Å². The first-order valence-corrected chi connectivity index (χ1v) is 4.95. The standard InChI is InChI=1S/C10H16N2/c1-8-6-12(7-8)10-4-2-3-9(10)5-11/h8-10H,2-4,6-7H2,1H3. The zero-order valence-corrected chi connectivity index (χ0v) is 7.66. The van der Waals surface area contributed by atoms with Crippen molar-refractivity contribution in [1.82, 2.24) is 4.90 Å². The number of rotatable bonds is 1. The van der Waals surface area contributed by atoms with Crippen molar-refractivity contribution in [2.24, 2.45) is 11.8 Å². The minimum absolute atomic E-state index is 0.331. The van der Waals surface area contributed by atoms with Gasteiger partial charge in [0.1, 0.15) is 0 Å². The van der Waals surface area contributed by atoms with Gasteiger partial charge in [0.05, 0.1) is 12.0 Å². The van der Waals surface area contributed by atoms with Crippen molar-refractivity contribution in [2.75, 3.05) is 13.1 Å². The third-order valence-corrected chi connectivity index (χ3v) is 3.21. The Morgan fingerprint density at radius 3 is 2.67 bits per heavy atom. The van der Waals surface area contributed by atoms with Crippen LogP contribution in [0.15, 0.2) is 0 Å². The third-order valence-electron chi connectivity index (χ3n) is 3.21. The molecule has 2 rings (SSSR count). The first kappa shape index (κ1) is 8.07. The van der Waals surface area contributed by atoms with Gasteiger partial charge in [-0.3, -0.25) is 4.90 Å². The maximum atomic E-state index is 8.89. The predicted molar refractivity (Wildman–Crippen MR) is 47.5 cm³/mol. The van der Waals surface area contributed by atoms with Gasteiger partial charge in [0.2, 0.25) is 0 Å². The molecule has 1 heterocycles. The molecule has 2 heteroatoms. The van der Waals surface area contributed by atoms with Gasteiger partial charge in [-0.25, -0.2) is 0 Å². The Kier molecular flexibility index (Phi) is 2.06. The van der Waals surface area contributed by atoms with Gasteiger partial charge >= 0.3 is 0 Å². The molecule has 0 aromatic rings. The Balaban J connectivity index is 1.91. The van der Waals surface area contributed by atoms with Crippen molar-refractivity contribution in [3.8, 4) is 6.07 Å². The lowest BCUT2D eigenvalue weighted by Crippen LogP contribution is -2.51. The Morgan fingerprint density at radius 2 is 2.08 bits per heavy atom. The molecule has 2 unspecified atom stereocenters. The van der Waals surface area contributed by atoms with Crippen LogP contribution >= 0.6 is 0 Å². The Labute approximate surface area is 74.2 Å². The van der Waals surface area contributed by atoms with E-state index in [9.17, 15) is 0 Å². The van der Waals surface area contributed by atoms with Crippen LogP contribution in [0.4, 0.5) is 0 Å². The van der Waals surface area contributed by atoms with Crippen LogP contribution in [-0.4, -0.2) is 24.0 Å². The van der Waals surface area contributed by atoms with Crippen molar-refractivity contribution >= 4 is 0 Å². The zero-order valence-electron chi connectivity index (χ0n) is 7.66. The van der Waals surface area contributed by atoms with E-state index in [1.54, 1.807) is 0 Å². The highest BCUT2D eigenvalue weighted by Crippen LogP contribution is 2.33. The monoisotopic (exact) mass is 164 g/mol. The smallest absolute Gasteiger partial charge is 0.0672 e. The lowest BCUT2D eigenvalue weighted by atomic mass is 9.95. The van der Waals surface area contributed by atoms with Crippen LogP contribution in [-0.2, 0) is 0 Å². The van der Waals surface area contributed by atoms with Crippen LogP contribution in [0, 0.1) is 23.2 Å². The molecule has 0 aromatic heterocycles. The summed E-state index contributed by atoms with van der Waals surface area (Å²) in [6.07, 6.45) is 3.64. The number of likely N-dealkylation sites (tertiary alicyclic amines) is 1. The van der Waals surface area contributed by atoms with E-state index in [0.29, 0.717) is 12.0 Å². The molecule has 0 radical (unpaired) electrons. The fourth-order valence-electron chi connectivity index (χ4n) is 2.55. The summed E-state index contributed by atoms with van der Waals surface area (Å²) >= 11 is 0. The van der Waals surface area contributed by atoms with Gasteiger partial charge in [0, 0.05) is 19.1 Å². The van der Waals surface area contributed by atoms with E-state index in [-0.39, 0.29) is 0 Å². The minimum atomic E-state index is 0.331. The molecular weight excluding hydrogens is 148 g/mol. The van der Waals surface area contributed by atoms with E-state index in [4.69, 9.17) is 5.26 Å². The molecule has 0 bridgehead atoms. The minimum Gasteiger partial charge on any atom is -0.298 e. The maximum absolute atomic E-state index is 8.89. The molecule has 0 N–H and O–H groups in total. The molecule has 0 amide bonds. The second kappa shape index (κ2) is 3.06. The second-order valence-electron chi connectivity index (χ2n) is 4.29. The summed E-state index contributed by atoms with van der Waals surface area (Å²) in [7, 11) is 0. The highest BCUT2D eigenvalue weighted by atomic mass is 15.2. The molecule has 2 atom stereocenters. The molecule has 2 nitrogen and oxygen atoms in total. The molecule has 2 fully saturated rings. The van der Waals surface area contributed by atoms with Crippen molar-refractivity contribution in [2.45, 2.75) is 32.2 Å². The van der Waals surface area contributed by atoms with Gasteiger partial charge in [-0.1, -0.05) is 13.3 Å². The molecule has 66 valence electrons. The highest BCUT2D eigenvalue weighted by Gasteiger charge is 2.37. The normalized spacial score (nSPS) is 37.7. The average Bonchev–Trinajstić information content (AvgIpc) is 2.45. The molecule has 2 aliphatic rings. The third kappa shape index (κ3) is 1.23. The molecule has 1 saturated heterocycles. The van der Waals surface area contributed by atoms with Crippen LogP contribution in [0.25, 0.3) is 0 Å². The van der Waals surface area contributed by atoms with Gasteiger partial charge in [-0.15, -0.1) is 0 Å². The highest BCUT2D eigenvalue weighted by molar-refractivity contribution is 4.99. The summed E-state index contributed by atoms with van der Waals surface area (Å²) in [6, 6.07) is 3.04. The van der Waals surface area contributed by atoms with E-state index in [0.717, 1.165) is 12.3 Å². The average molecular weight is 164 g/mol. The van der Waals surface area contributed by atoms with Crippen molar-refractivity contribution in [1.29, 1.82) is 5.26 Å². The van der Waals surface area contributed by atoms with Crippen LogP contribution < -0.4 is 0 Å². The van der Waals surface area contributed by atoms with Crippen LogP contribution in [0.1, 0.15) is 26.2 Å². The Morgan fingerprint density at radius 1 is 1.33 bits per heavy atom. The van der Waals surface area contributed by atoms with Gasteiger partial charge in [-0.2, -0.15) is 5.26 Å². The van der Waals surface area contributed by atoms with Gasteiger partial charge in [0.25, 0.3) is 0 Å². The molecule has 12 heavy (non-hydrogen) atoms. The lowest BCUT2D eigenvalue weighted by molar-refractivity contribution is 0.0535. The summed E-state index contributed by atoms with van der Waals surface area (Å²) in [6.45, 7) is 4.73. The number of nitriles is 1. The molecule has 1 aliphatic carbocycles. The van der Waals surface area contributed by atoms with Crippen LogP contribution in [0.2, 0.25) is 0 Å². The summed E-state index contributed by atoms with van der Waals surface area (Å²) in [4.78, 5) is 2.49. The van der Waals surface area contributed by atoms with E-state index >= 15 is 0 Å². The van der Waals surface area contributed by atoms with Crippen LogP contribution in [0.3, 0.4) is 0 Å². The first-order valence-electron chi connectivity index (χ1n) is 4.95. The van der Waals surface area contributed by atoms with Gasteiger partial charge in [-0.05, 0) is 18.8 Å². The summed E-state index contributed by atoms with van der Waals surface area (Å²) in [5.41, 5.74) is 0. The van der Waals surface area contributed by atoms with E-state index < -0.39 is 0 Å².